The summed E-state index contributed by atoms with van der Waals surface area (Å²) in [5.74, 6) is 1.81. The second-order valence-electron chi connectivity index (χ2n) is 4.46. The Labute approximate surface area is 98.8 Å². The molecule has 1 saturated heterocycles. The van der Waals surface area contributed by atoms with Gasteiger partial charge in [-0.05, 0) is 24.5 Å². The van der Waals surface area contributed by atoms with Gasteiger partial charge in [-0.15, -0.1) is 0 Å². The Balaban J connectivity index is 2.44. The predicted octanol–water partition coefficient (Wildman–Crippen LogP) is 2.74. The van der Waals surface area contributed by atoms with Crippen LogP contribution in [0.25, 0.3) is 0 Å². The maximum absolute atomic E-state index is 11.8. The molecule has 2 nitrogen and oxygen atoms in total. The Bertz CT molecular complexity index is 192. The first-order valence-electron chi connectivity index (χ1n) is 6.16. The quantitative estimate of drug-likeness (QED) is 0.735. The molecule has 3 heteroatoms. The lowest BCUT2D eigenvalue weighted by atomic mass is 10.0. The van der Waals surface area contributed by atoms with Gasteiger partial charge in [0.05, 0.1) is 0 Å². The molecule has 88 valence electrons. The van der Waals surface area contributed by atoms with Crippen LogP contribution in [0.3, 0.4) is 0 Å². The van der Waals surface area contributed by atoms with E-state index in [1.807, 2.05) is 0 Å². The largest absolute Gasteiger partial charge is 0.342 e. The molecule has 15 heavy (non-hydrogen) atoms. The van der Waals surface area contributed by atoms with Gasteiger partial charge in [0.2, 0.25) is 5.91 Å². The van der Waals surface area contributed by atoms with E-state index in [-0.39, 0.29) is 0 Å². The smallest absolute Gasteiger partial charge is 0.222 e. The summed E-state index contributed by atoms with van der Waals surface area (Å²) in [6.45, 7) is 4.05. The van der Waals surface area contributed by atoms with Crippen LogP contribution in [0.1, 0.15) is 45.4 Å². The molecule has 1 aliphatic heterocycles. The number of carbonyl (C=O) groups excluding carboxylic acids is 1. The summed E-state index contributed by atoms with van der Waals surface area (Å²) < 4.78 is 0. The summed E-state index contributed by atoms with van der Waals surface area (Å²) in [6.07, 6.45) is 6.63. The number of likely N-dealkylation sites (tertiary alicyclic amines) is 1. The van der Waals surface area contributed by atoms with Crippen molar-refractivity contribution in [1.82, 2.24) is 4.90 Å². The fourth-order valence-corrected chi connectivity index (χ4v) is 2.41. The Morgan fingerprint density at radius 1 is 1.33 bits per heavy atom. The zero-order chi connectivity index (χ0) is 11.1. The summed E-state index contributed by atoms with van der Waals surface area (Å²) >= 11 is 4.34. The molecule has 1 rings (SSSR count). The Morgan fingerprint density at radius 2 is 2.07 bits per heavy atom. The van der Waals surface area contributed by atoms with Gasteiger partial charge in [-0.1, -0.05) is 26.2 Å². The molecule has 1 amide bonds. The van der Waals surface area contributed by atoms with Crippen molar-refractivity contribution in [3.63, 3.8) is 0 Å². The molecule has 1 unspecified atom stereocenters. The third-order valence-corrected chi connectivity index (χ3v) is 3.75. The maximum Gasteiger partial charge on any atom is 0.222 e. The third-order valence-electron chi connectivity index (χ3n) is 3.24. The highest BCUT2D eigenvalue weighted by Crippen LogP contribution is 2.15. The number of thiol groups is 1. The summed E-state index contributed by atoms with van der Waals surface area (Å²) in [7, 11) is 0. The van der Waals surface area contributed by atoms with Gasteiger partial charge in [-0.2, -0.15) is 12.6 Å². The zero-order valence-electron chi connectivity index (χ0n) is 9.74. The number of rotatable bonds is 4. The second kappa shape index (κ2) is 7.15. The monoisotopic (exact) mass is 229 g/mol. The first kappa shape index (κ1) is 12.9. The van der Waals surface area contributed by atoms with Gasteiger partial charge in [-0.3, -0.25) is 4.79 Å². The Morgan fingerprint density at radius 3 is 2.73 bits per heavy atom. The lowest BCUT2D eigenvalue weighted by Gasteiger charge is -2.28. The number of nitrogens with zero attached hydrogens (tertiary/aromatic N) is 1. The van der Waals surface area contributed by atoms with Crippen LogP contribution in [-0.2, 0) is 4.79 Å². The molecule has 1 fully saturated rings. The minimum atomic E-state index is 0.356. The molecule has 0 N–H and O–H groups in total. The second-order valence-corrected chi connectivity index (χ2v) is 4.83. The van der Waals surface area contributed by atoms with Crippen molar-refractivity contribution in [3.05, 3.63) is 0 Å². The number of carbonyl (C=O) groups is 1. The molecule has 0 aromatic heterocycles. The number of amides is 1. The molecular formula is C12H23NOS. The molecule has 1 aliphatic rings. The standard InChI is InChI=1S/C12H23NOS/c1-2-11(10-15)9-13-8-6-4-3-5-7-12(13)14/h11,15H,2-10H2,1H3. The molecule has 0 bridgehead atoms. The van der Waals surface area contributed by atoms with Crippen LogP contribution < -0.4 is 0 Å². The van der Waals surface area contributed by atoms with E-state index >= 15 is 0 Å². The molecular weight excluding hydrogens is 206 g/mol. The van der Waals surface area contributed by atoms with Crippen molar-refractivity contribution in [2.24, 2.45) is 5.92 Å². The first-order chi connectivity index (χ1) is 7.27. The average Bonchev–Trinajstić information content (AvgIpc) is 2.24. The summed E-state index contributed by atoms with van der Waals surface area (Å²) in [5.41, 5.74) is 0. The van der Waals surface area contributed by atoms with Crippen molar-refractivity contribution < 1.29 is 4.79 Å². The zero-order valence-corrected chi connectivity index (χ0v) is 10.6. The minimum Gasteiger partial charge on any atom is -0.342 e. The first-order valence-corrected chi connectivity index (χ1v) is 6.79. The van der Waals surface area contributed by atoms with Gasteiger partial charge >= 0.3 is 0 Å². The third kappa shape index (κ3) is 4.45. The molecule has 0 aromatic carbocycles. The van der Waals surface area contributed by atoms with E-state index in [1.54, 1.807) is 0 Å². The van der Waals surface area contributed by atoms with Crippen LogP contribution in [-0.4, -0.2) is 29.6 Å². The lowest BCUT2D eigenvalue weighted by molar-refractivity contribution is -0.132. The molecule has 0 spiro atoms. The van der Waals surface area contributed by atoms with Crippen LogP contribution in [0.4, 0.5) is 0 Å². The molecule has 0 aliphatic carbocycles. The van der Waals surface area contributed by atoms with E-state index in [1.165, 1.54) is 19.3 Å². The molecule has 0 saturated carbocycles. The number of hydrogen-bond donors (Lipinski definition) is 1. The van der Waals surface area contributed by atoms with Gasteiger partial charge in [0, 0.05) is 19.5 Å². The van der Waals surface area contributed by atoms with Crippen LogP contribution in [0.2, 0.25) is 0 Å². The minimum absolute atomic E-state index is 0.356. The van der Waals surface area contributed by atoms with Crippen LogP contribution in [0.15, 0.2) is 0 Å². The topological polar surface area (TPSA) is 20.3 Å². The van der Waals surface area contributed by atoms with Crippen molar-refractivity contribution in [1.29, 1.82) is 0 Å². The highest BCUT2D eigenvalue weighted by atomic mass is 32.1. The number of hydrogen-bond acceptors (Lipinski definition) is 2. The van der Waals surface area contributed by atoms with Gasteiger partial charge in [0.25, 0.3) is 0 Å². The lowest BCUT2D eigenvalue weighted by Crippen LogP contribution is -2.37. The predicted molar refractivity (Wildman–Crippen MR) is 67.3 cm³/mol. The summed E-state index contributed by atoms with van der Waals surface area (Å²) in [4.78, 5) is 13.9. The van der Waals surface area contributed by atoms with E-state index in [0.717, 1.165) is 38.1 Å². The maximum atomic E-state index is 11.8. The molecule has 0 aromatic rings. The summed E-state index contributed by atoms with van der Waals surface area (Å²) in [6, 6.07) is 0. The fraction of sp³-hybridized carbons (Fsp3) is 0.917. The van der Waals surface area contributed by atoms with Gasteiger partial charge in [0.15, 0.2) is 0 Å². The molecule has 1 heterocycles. The van der Waals surface area contributed by atoms with E-state index in [0.29, 0.717) is 11.8 Å². The van der Waals surface area contributed by atoms with E-state index in [4.69, 9.17) is 0 Å². The van der Waals surface area contributed by atoms with Crippen LogP contribution in [0, 0.1) is 5.92 Å². The van der Waals surface area contributed by atoms with E-state index < -0.39 is 0 Å². The van der Waals surface area contributed by atoms with Crippen LogP contribution in [0.5, 0.6) is 0 Å². The van der Waals surface area contributed by atoms with E-state index in [9.17, 15) is 4.79 Å². The highest BCUT2D eigenvalue weighted by Gasteiger charge is 2.18. The van der Waals surface area contributed by atoms with Crippen molar-refractivity contribution in [2.45, 2.75) is 45.4 Å². The van der Waals surface area contributed by atoms with E-state index in [2.05, 4.69) is 24.5 Å². The Hall–Kier alpha value is -0.180. The van der Waals surface area contributed by atoms with Gasteiger partial charge < -0.3 is 4.90 Å². The van der Waals surface area contributed by atoms with Crippen molar-refractivity contribution in [3.8, 4) is 0 Å². The SMILES string of the molecule is CCC(CS)CN1CCCCCCC1=O. The Kier molecular flexibility index (Phi) is 6.15. The molecule has 1 atom stereocenters. The average molecular weight is 229 g/mol. The van der Waals surface area contributed by atoms with Crippen molar-refractivity contribution in [2.75, 3.05) is 18.8 Å². The van der Waals surface area contributed by atoms with Crippen LogP contribution >= 0.6 is 12.6 Å². The highest BCUT2D eigenvalue weighted by molar-refractivity contribution is 7.80. The fourth-order valence-electron chi connectivity index (χ4n) is 2.04. The molecule has 0 radical (unpaired) electrons. The normalized spacial score (nSPS) is 20.9. The van der Waals surface area contributed by atoms with Gasteiger partial charge in [-0.25, -0.2) is 0 Å². The van der Waals surface area contributed by atoms with Crippen molar-refractivity contribution >= 4 is 18.5 Å². The van der Waals surface area contributed by atoms with Gasteiger partial charge in [0.1, 0.15) is 0 Å². The summed E-state index contributed by atoms with van der Waals surface area (Å²) in [5, 5.41) is 0.